The number of hydrogen-bond donors (Lipinski definition) is 6. The normalized spacial score (nSPS) is 24.7. The molecule has 1 amide bonds. The Bertz CT molecular complexity index is 1530. The molecule has 0 saturated heterocycles. The number of Topliss-reactive ketones (excluding diaryl/α,β-unsaturated/α-hetero) is 2. The quantitative estimate of drug-likeness (QED) is 0.209. The van der Waals surface area contributed by atoms with E-state index >= 15 is 0 Å². The number of phenols is 1. The molecule has 0 radical (unpaired) electrons. The Kier molecular flexibility index (Phi) is 6.55. The maximum Gasteiger partial charge on any atom is 0.255 e. The van der Waals surface area contributed by atoms with Crippen LogP contribution in [0.1, 0.15) is 29.5 Å². The zero-order chi connectivity index (χ0) is 28.3. The van der Waals surface area contributed by atoms with Crippen molar-refractivity contribution in [1.82, 2.24) is 4.72 Å². The monoisotopic (exact) mass is 545 g/mol. The number of benzene rings is 1. The molecule has 4 rings (SSSR count). The van der Waals surface area contributed by atoms with E-state index in [-0.39, 0.29) is 36.1 Å². The van der Waals surface area contributed by atoms with Gasteiger partial charge in [0.2, 0.25) is 15.8 Å². The van der Waals surface area contributed by atoms with Crippen molar-refractivity contribution in [3.05, 3.63) is 39.7 Å². The summed E-state index contributed by atoms with van der Waals surface area (Å²) in [4.78, 5) is 39.6. The van der Waals surface area contributed by atoms with Gasteiger partial charge in [-0.3, -0.25) is 14.4 Å². The summed E-state index contributed by atoms with van der Waals surface area (Å²) in [7, 11) is -0.0392. The Morgan fingerprint density at radius 3 is 2.47 bits per heavy atom. The van der Waals surface area contributed by atoms with Gasteiger partial charge >= 0.3 is 0 Å². The molecule has 3 aliphatic rings. The summed E-state index contributed by atoms with van der Waals surface area (Å²) in [6.45, 7) is -0.235. The van der Waals surface area contributed by atoms with Gasteiger partial charge in [0.1, 0.15) is 22.8 Å². The summed E-state index contributed by atoms with van der Waals surface area (Å²) < 4.78 is 24.8. The van der Waals surface area contributed by atoms with Gasteiger partial charge in [-0.05, 0) is 30.4 Å². The van der Waals surface area contributed by atoms with E-state index in [1.165, 1.54) is 0 Å². The second-order valence-electron chi connectivity index (χ2n) is 9.84. The summed E-state index contributed by atoms with van der Waals surface area (Å²) in [5.74, 6) is -1.87. The van der Waals surface area contributed by atoms with E-state index in [2.05, 4.69) is 16.6 Å². The lowest BCUT2D eigenvalue weighted by atomic mass is 9.59. The average molecular weight is 546 g/mol. The Morgan fingerprint density at radius 1 is 1.24 bits per heavy atom. The highest BCUT2D eigenvalue weighted by Crippen LogP contribution is 2.53. The lowest BCUT2D eigenvalue weighted by Crippen LogP contribution is -2.58. The summed E-state index contributed by atoms with van der Waals surface area (Å²) in [6.07, 6.45) is 0.745. The molecule has 1 fully saturated rings. The average Bonchev–Trinajstić information content (AvgIpc) is 2.79. The molecule has 1 aromatic carbocycles. The lowest BCUT2D eigenvalue weighted by Gasteiger charge is -2.46. The number of aromatic hydroxyl groups is 1. The molecular formula is C25H27N3O9S. The molecule has 7 N–H and O–H groups in total. The van der Waals surface area contributed by atoms with Gasteiger partial charge in [-0.25, -0.2) is 13.1 Å². The van der Waals surface area contributed by atoms with Gasteiger partial charge in [-0.15, -0.1) is 0 Å². The van der Waals surface area contributed by atoms with Crippen molar-refractivity contribution in [2.45, 2.75) is 24.9 Å². The van der Waals surface area contributed by atoms with Crippen LogP contribution in [0.2, 0.25) is 0 Å². The maximum atomic E-state index is 13.6. The van der Waals surface area contributed by atoms with Crippen LogP contribution in [0.5, 0.6) is 5.75 Å². The highest BCUT2D eigenvalue weighted by molar-refractivity contribution is 7.88. The Labute approximate surface area is 218 Å². The van der Waals surface area contributed by atoms with Crippen LogP contribution in [0.3, 0.4) is 0 Å². The molecular weight excluding hydrogens is 518 g/mol. The molecule has 3 atom stereocenters. The number of phenolic OH excluding ortho intramolecular Hbond substituents is 1. The molecule has 1 saturated carbocycles. The molecule has 202 valence electrons. The van der Waals surface area contributed by atoms with Gasteiger partial charge in [-0.1, -0.05) is 11.8 Å². The number of nitrogens with zero attached hydrogens (tertiary/aromatic N) is 1. The van der Waals surface area contributed by atoms with Crippen LogP contribution in [0.25, 0.3) is 5.76 Å². The minimum Gasteiger partial charge on any atom is -0.508 e. The largest absolute Gasteiger partial charge is 0.508 e. The van der Waals surface area contributed by atoms with Crippen LogP contribution in [0.4, 0.5) is 5.69 Å². The third kappa shape index (κ3) is 4.20. The highest BCUT2D eigenvalue weighted by atomic mass is 32.2. The standard InChI is InChI=1S/C25H27N3O9S/c1-28(2)15-9-11(5-4-6-27-38(3,36)37)20(30)18-14(15)8-12-7-13-10-16(29)19(24(26)34)23(33)25(13,35)22(32)17(12)21(18)31/h9,12-13,27,30-31,33,35H,6-8,10H2,1-3H3,(H2,26,34)/t12-,13+,25+/m1/s1. The molecule has 12 nitrogen and oxygen atoms in total. The second-order valence-corrected chi connectivity index (χ2v) is 11.7. The first-order valence-corrected chi connectivity index (χ1v) is 13.5. The zero-order valence-corrected chi connectivity index (χ0v) is 21.6. The maximum absolute atomic E-state index is 13.6. The van der Waals surface area contributed by atoms with E-state index in [4.69, 9.17) is 5.73 Å². The number of carbonyl (C=O) groups excluding carboxylic acids is 3. The van der Waals surface area contributed by atoms with Gasteiger partial charge in [0, 0.05) is 37.7 Å². The molecule has 38 heavy (non-hydrogen) atoms. The van der Waals surface area contributed by atoms with E-state index in [0.717, 1.165) is 6.26 Å². The lowest BCUT2D eigenvalue weighted by molar-refractivity contribution is -0.147. The fourth-order valence-corrected chi connectivity index (χ4v) is 5.80. The fourth-order valence-electron chi connectivity index (χ4n) is 5.47. The van der Waals surface area contributed by atoms with Crippen molar-refractivity contribution in [3.8, 4) is 17.6 Å². The Hall–Kier alpha value is -3.86. The van der Waals surface area contributed by atoms with Crippen LogP contribution < -0.4 is 15.4 Å². The Morgan fingerprint density at radius 2 is 1.89 bits per heavy atom. The summed E-state index contributed by atoms with van der Waals surface area (Å²) in [5, 5.41) is 44.4. The number of ketones is 2. The number of fused-ring (bicyclic) bond motifs is 3. The van der Waals surface area contributed by atoms with Gasteiger partial charge < -0.3 is 31.1 Å². The molecule has 0 spiro atoms. The van der Waals surface area contributed by atoms with Gasteiger partial charge in [0.05, 0.1) is 23.9 Å². The van der Waals surface area contributed by atoms with Crippen LogP contribution >= 0.6 is 0 Å². The SMILES string of the molecule is CN(C)c1cc(C#CCNS(C)(=O)=O)c(O)c2c1C[C@H]1C[C@H]3CC(=O)C(C(N)=O)=C(O)[C@@]3(O)C(=O)C1=C2O. The number of nitrogens with one attached hydrogen (secondary N) is 1. The van der Waals surface area contributed by atoms with Crippen molar-refractivity contribution in [3.63, 3.8) is 0 Å². The minimum atomic E-state index is -3.49. The van der Waals surface area contributed by atoms with E-state index in [1.807, 2.05) is 0 Å². The zero-order valence-electron chi connectivity index (χ0n) is 20.8. The number of aliphatic hydroxyl groups is 3. The van der Waals surface area contributed by atoms with Gasteiger partial charge in [-0.2, -0.15) is 0 Å². The highest BCUT2D eigenvalue weighted by Gasteiger charge is 2.60. The molecule has 0 unspecified atom stereocenters. The van der Waals surface area contributed by atoms with Gasteiger partial charge in [0.15, 0.2) is 11.4 Å². The molecule has 0 heterocycles. The van der Waals surface area contributed by atoms with Crippen molar-refractivity contribution >= 4 is 38.9 Å². The summed E-state index contributed by atoms with van der Waals surface area (Å²) in [6, 6.07) is 1.57. The van der Waals surface area contributed by atoms with Crippen molar-refractivity contribution in [2.75, 3.05) is 31.8 Å². The number of hydrogen-bond acceptors (Lipinski definition) is 10. The first kappa shape index (κ1) is 27.2. The van der Waals surface area contributed by atoms with Crippen LogP contribution in [0, 0.1) is 23.7 Å². The predicted octanol–water partition coefficient (Wildman–Crippen LogP) is -0.609. The number of nitrogens with two attached hydrogens (primary N) is 1. The summed E-state index contributed by atoms with van der Waals surface area (Å²) >= 11 is 0. The second kappa shape index (κ2) is 9.16. The van der Waals surface area contributed by atoms with Crippen molar-refractivity contribution in [1.29, 1.82) is 0 Å². The van der Waals surface area contributed by atoms with E-state index < -0.39 is 74.2 Å². The third-order valence-corrected chi connectivity index (χ3v) is 7.84. The molecule has 0 aromatic heterocycles. The third-order valence-electron chi connectivity index (χ3n) is 7.17. The van der Waals surface area contributed by atoms with E-state index in [9.17, 15) is 43.2 Å². The predicted molar refractivity (Wildman–Crippen MR) is 135 cm³/mol. The first-order chi connectivity index (χ1) is 17.6. The smallest absolute Gasteiger partial charge is 0.255 e. The van der Waals surface area contributed by atoms with Crippen molar-refractivity contribution in [2.24, 2.45) is 17.6 Å². The number of sulfonamides is 1. The molecule has 13 heteroatoms. The molecule has 3 aliphatic carbocycles. The van der Waals surface area contributed by atoms with E-state index in [0.29, 0.717) is 11.3 Å². The van der Waals surface area contributed by atoms with Crippen LogP contribution in [-0.4, -0.2) is 78.8 Å². The number of anilines is 1. The number of primary amides is 1. The Balaban J connectivity index is 1.89. The first-order valence-electron chi connectivity index (χ1n) is 11.6. The summed E-state index contributed by atoms with van der Waals surface area (Å²) in [5.41, 5.74) is 2.46. The van der Waals surface area contributed by atoms with Crippen LogP contribution in [-0.2, 0) is 30.8 Å². The number of amides is 1. The molecule has 1 aromatic rings. The topological polar surface area (TPSA) is 208 Å². The van der Waals surface area contributed by atoms with E-state index in [1.54, 1.807) is 25.1 Å². The van der Waals surface area contributed by atoms with Crippen LogP contribution in [0.15, 0.2) is 23.0 Å². The molecule has 0 bridgehead atoms. The minimum absolute atomic E-state index is 0.0231. The fraction of sp³-hybridized carbons (Fsp3) is 0.400. The number of carbonyl (C=O) groups is 3. The van der Waals surface area contributed by atoms with Gasteiger partial charge in [0.25, 0.3) is 5.91 Å². The number of rotatable bonds is 4. The number of aliphatic hydroxyl groups excluding tert-OH is 2. The molecule has 0 aliphatic heterocycles. The van der Waals surface area contributed by atoms with Crippen molar-refractivity contribution < 1.29 is 43.2 Å².